The number of carbonyl (C=O) groups is 1. The first kappa shape index (κ1) is 9.78. The molecule has 2 aromatic heterocycles. The topological polar surface area (TPSA) is 80.9 Å². The van der Waals surface area contributed by atoms with Crippen molar-refractivity contribution in [2.24, 2.45) is 7.05 Å². The number of carboxylic acid groups (broad SMARTS) is 1. The molecule has 7 heteroatoms. The van der Waals surface area contributed by atoms with E-state index in [0.717, 1.165) is 5.01 Å². The van der Waals surface area contributed by atoms with Crippen LogP contribution in [0.3, 0.4) is 0 Å². The molecule has 0 bridgehead atoms. The smallest absolute Gasteiger partial charge is 0.356 e. The van der Waals surface area contributed by atoms with E-state index in [1.54, 1.807) is 12.4 Å². The molecule has 0 fully saturated rings. The SMILES string of the molecule is Cc1nc(-c2nnn(C)c2C(=O)O)cs1. The lowest BCUT2D eigenvalue weighted by atomic mass is 10.2. The summed E-state index contributed by atoms with van der Waals surface area (Å²) in [6, 6.07) is 0. The van der Waals surface area contributed by atoms with Crippen molar-refractivity contribution in [3.05, 3.63) is 16.1 Å². The minimum atomic E-state index is -1.05. The summed E-state index contributed by atoms with van der Waals surface area (Å²) >= 11 is 1.45. The van der Waals surface area contributed by atoms with Crippen LogP contribution in [0, 0.1) is 6.92 Å². The zero-order valence-corrected chi connectivity index (χ0v) is 8.95. The lowest BCUT2D eigenvalue weighted by molar-refractivity contribution is 0.0686. The first-order valence-electron chi connectivity index (χ1n) is 4.15. The lowest BCUT2D eigenvalue weighted by Crippen LogP contribution is -2.06. The second-order valence-corrected chi connectivity index (χ2v) is 4.03. The maximum Gasteiger partial charge on any atom is 0.356 e. The van der Waals surface area contributed by atoms with Crippen LogP contribution < -0.4 is 0 Å². The van der Waals surface area contributed by atoms with Crippen LogP contribution in [0.5, 0.6) is 0 Å². The highest BCUT2D eigenvalue weighted by Crippen LogP contribution is 2.22. The van der Waals surface area contributed by atoms with Gasteiger partial charge >= 0.3 is 5.97 Å². The standard InChI is InChI=1S/C8H8N4O2S/c1-4-9-5(3-15-4)6-7(8(13)14)12(2)11-10-6/h3H,1-2H3,(H,13,14). The van der Waals surface area contributed by atoms with E-state index in [0.29, 0.717) is 11.4 Å². The van der Waals surface area contributed by atoms with Crippen LogP contribution in [0.25, 0.3) is 11.4 Å². The summed E-state index contributed by atoms with van der Waals surface area (Å²) in [5.41, 5.74) is 0.928. The summed E-state index contributed by atoms with van der Waals surface area (Å²) in [4.78, 5) is 15.1. The summed E-state index contributed by atoms with van der Waals surface area (Å²) < 4.78 is 1.23. The van der Waals surface area contributed by atoms with E-state index < -0.39 is 5.97 Å². The van der Waals surface area contributed by atoms with E-state index in [1.807, 2.05) is 6.92 Å². The Morgan fingerprint density at radius 1 is 1.60 bits per heavy atom. The number of aromatic carboxylic acids is 1. The minimum Gasteiger partial charge on any atom is -0.476 e. The Morgan fingerprint density at radius 3 is 2.87 bits per heavy atom. The molecule has 0 radical (unpaired) electrons. The number of carboxylic acids is 1. The van der Waals surface area contributed by atoms with Crippen molar-refractivity contribution >= 4 is 17.3 Å². The van der Waals surface area contributed by atoms with Crippen molar-refractivity contribution in [2.45, 2.75) is 6.92 Å². The Morgan fingerprint density at radius 2 is 2.33 bits per heavy atom. The molecule has 0 aliphatic rings. The number of aryl methyl sites for hydroxylation is 2. The van der Waals surface area contributed by atoms with Crippen LogP contribution >= 0.6 is 11.3 Å². The molecule has 0 atom stereocenters. The van der Waals surface area contributed by atoms with Gasteiger partial charge in [-0.15, -0.1) is 16.4 Å². The zero-order chi connectivity index (χ0) is 11.0. The van der Waals surface area contributed by atoms with Gasteiger partial charge in [0.25, 0.3) is 0 Å². The first-order chi connectivity index (χ1) is 7.09. The third kappa shape index (κ3) is 1.61. The van der Waals surface area contributed by atoms with Crippen molar-refractivity contribution in [2.75, 3.05) is 0 Å². The molecule has 2 rings (SSSR count). The van der Waals surface area contributed by atoms with Gasteiger partial charge in [0.1, 0.15) is 11.4 Å². The fourth-order valence-corrected chi connectivity index (χ4v) is 1.84. The van der Waals surface area contributed by atoms with Crippen LogP contribution in [0.2, 0.25) is 0 Å². The normalized spacial score (nSPS) is 10.5. The van der Waals surface area contributed by atoms with Gasteiger partial charge in [-0.2, -0.15) is 0 Å². The molecule has 6 nitrogen and oxygen atoms in total. The van der Waals surface area contributed by atoms with E-state index in [-0.39, 0.29) is 5.69 Å². The maximum atomic E-state index is 11.0. The first-order valence-corrected chi connectivity index (χ1v) is 5.03. The number of aromatic nitrogens is 4. The number of hydrogen-bond acceptors (Lipinski definition) is 5. The number of thiazole rings is 1. The van der Waals surface area contributed by atoms with Crippen molar-refractivity contribution < 1.29 is 9.90 Å². The predicted molar refractivity (Wildman–Crippen MR) is 53.8 cm³/mol. The van der Waals surface area contributed by atoms with Gasteiger partial charge in [-0.1, -0.05) is 5.21 Å². The molecular weight excluding hydrogens is 216 g/mol. The van der Waals surface area contributed by atoms with Gasteiger partial charge in [0, 0.05) is 12.4 Å². The van der Waals surface area contributed by atoms with Crippen molar-refractivity contribution in [1.82, 2.24) is 20.0 Å². The van der Waals surface area contributed by atoms with Gasteiger partial charge in [0.2, 0.25) is 0 Å². The Bertz CT molecular complexity index is 516. The van der Waals surface area contributed by atoms with E-state index in [4.69, 9.17) is 5.11 Å². The highest BCUT2D eigenvalue weighted by atomic mass is 32.1. The highest BCUT2D eigenvalue weighted by Gasteiger charge is 2.20. The van der Waals surface area contributed by atoms with Crippen molar-refractivity contribution in [3.8, 4) is 11.4 Å². The summed E-state index contributed by atoms with van der Waals surface area (Å²) in [7, 11) is 1.54. The summed E-state index contributed by atoms with van der Waals surface area (Å²) in [5, 5.41) is 19.1. The van der Waals surface area contributed by atoms with E-state index in [1.165, 1.54) is 16.0 Å². The average molecular weight is 224 g/mol. The van der Waals surface area contributed by atoms with Crippen LogP contribution in [-0.4, -0.2) is 31.1 Å². The molecule has 2 heterocycles. The Balaban J connectivity index is 2.58. The quantitative estimate of drug-likeness (QED) is 0.821. The summed E-state index contributed by atoms with van der Waals surface area (Å²) in [6.45, 7) is 1.85. The Kier molecular flexibility index (Phi) is 2.24. The third-order valence-electron chi connectivity index (χ3n) is 1.89. The van der Waals surface area contributed by atoms with Crippen molar-refractivity contribution in [1.29, 1.82) is 0 Å². The maximum absolute atomic E-state index is 11.0. The van der Waals surface area contributed by atoms with E-state index >= 15 is 0 Å². The second kappa shape index (κ2) is 3.43. The third-order valence-corrected chi connectivity index (χ3v) is 2.66. The second-order valence-electron chi connectivity index (χ2n) is 2.97. The predicted octanol–water partition coefficient (Wildman–Crippen LogP) is 0.945. The molecule has 0 saturated heterocycles. The van der Waals surface area contributed by atoms with Gasteiger partial charge in [-0.05, 0) is 6.92 Å². The summed E-state index contributed by atoms with van der Waals surface area (Å²) in [6.07, 6.45) is 0. The molecule has 1 N–H and O–H groups in total. The van der Waals surface area contributed by atoms with Crippen LogP contribution in [0.1, 0.15) is 15.5 Å². The molecule has 0 saturated carbocycles. The molecular formula is C8H8N4O2S. The molecule has 2 aromatic rings. The molecule has 15 heavy (non-hydrogen) atoms. The van der Waals surface area contributed by atoms with E-state index in [2.05, 4.69) is 15.3 Å². The molecule has 0 aliphatic carbocycles. The largest absolute Gasteiger partial charge is 0.476 e. The van der Waals surface area contributed by atoms with Gasteiger partial charge < -0.3 is 5.11 Å². The summed E-state index contributed by atoms with van der Waals surface area (Å²) in [5.74, 6) is -1.05. The van der Waals surface area contributed by atoms with Crippen LogP contribution in [-0.2, 0) is 7.05 Å². The average Bonchev–Trinajstić information content (AvgIpc) is 2.71. The molecule has 0 amide bonds. The molecule has 78 valence electrons. The number of hydrogen-bond donors (Lipinski definition) is 1. The lowest BCUT2D eigenvalue weighted by Gasteiger charge is -1.95. The highest BCUT2D eigenvalue weighted by molar-refractivity contribution is 7.09. The van der Waals surface area contributed by atoms with Crippen LogP contribution in [0.15, 0.2) is 5.38 Å². The van der Waals surface area contributed by atoms with Gasteiger partial charge in [-0.25, -0.2) is 14.5 Å². The van der Waals surface area contributed by atoms with Gasteiger partial charge in [0.05, 0.1) is 5.01 Å². The molecule has 0 aromatic carbocycles. The molecule has 0 aliphatic heterocycles. The van der Waals surface area contributed by atoms with Crippen molar-refractivity contribution in [3.63, 3.8) is 0 Å². The molecule has 0 spiro atoms. The zero-order valence-electron chi connectivity index (χ0n) is 8.13. The fourth-order valence-electron chi connectivity index (χ4n) is 1.24. The minimum absolute atomic E-state index is 0.0558. The van der Waals surface area contributed by atoms with Gasteiger partial charge in [-0.3, -0.25) is 0 Å². The Hall–Kier alpha value is -1.76. The number of nitrogens with zero attached hydrogens (tertiary/aromatic N) is 4. The number of rotatable bonds is 2. The fraction of sp³-hybridized carbons (Fsp3) is 0.250. The van der Waals surface area contributed by atoms with Crippen LogP contribution in [0.4, 0.5) is 0 Å². The monoisotopic (exact) mass is 224 g/mol. The Labute approximate surface area is 89.2 Å². The van der Waals surface area contributed by atoms with E-state index in [9.17, 15) is 4.79 Å². The molecule has 0 unspecified atom stereocenters. The van der Waals surface area contributed by atoms with Gasteiger partial charge in [0.15, 0.2) is 5.69 Å².